The second kappa shape index (κ2) is 8.40. The normalized spacial score (nSPS) is 16.3. The lowest BCUT2D eigenvalue weighted by Crippen LogP contribution is -2.41. The van der Waals surface area contributed by atoms with Gasteiger partial charge in [-0.05, 0) is 49.8 Å². The molecule has 1 aliphatic heterocycles. The summed E-state index contributed by atoms with van der Waals surface area (Å²) in [7, 11) is -0.484. The molecule has 1 aliphatic rings. The summed E-state index contributed by atoms with van der Waals surface area (Å²) in [6, 6.07) is 14.2. The third-order valence-electron chi connectivity index (χ3n) is 6.62. The maximum Gasteiger partial charge on any atom is 0.494 e. The van der Waals surface area contributed by atoms with Crippen LogP contribution < -0.4 is 16.8 Å². The van der Waals surface area contributed by atoms with Crippen molar-refractivity contribution in [2.45, 2.75) is 38.9 Å². The van der Waals surface area contributed by atoms with Crippen molar-refractivity contribution >= 4 is 30.3 Å². The lowest BCUT2D eigenvalue weighted by molar-refractivity contribution is 0.00578. The quantitative estimate of drug-likeness (QED) is 0.410. The fraction of sp³-hybridized carbons (Fsp3) is 0.240. The number of aromatic amines is 1. The van der Waals surface area contributed by atoms with E-state index < -0.39 is 52.8 Å². The number of nitrogens with one attached hydrogen (secondary N) is 1. The number of aromatic nitrogens is 1. The van der Waals surface area contributed by atoms with Crippen molar-refractivity contribution in [3.63, 3.8) is 0 Å². The number of hydrogen-bond donors (Lipinski definition) is 4. The molecule has 0 aliphatic carbocycles. The minimum Gasteiger partial charge on any atom is -0.478 e. The average molecular weight is 476 g/mol. The van der Waals surface area contributed by atoms with E-state index >= 15 is 0 Å². The first-order valence-corrected chi connectivity index (χ1v) is 10.9. The fourth-order valence-corrected chi connectivity index (χ4v) is 3.98. The van der Waals surface area contributed by atoms with Gasteiger partial charge in [-0.3, -0.25) is 4.79 Å². The van der Waals surface area contributed by atoms with Crippen molar-refractivity contribution < 1.29 is 29.1 Å². The zero-order valence-corrected chi connectivity index (χ0v) is 19.7. The van der Waals surface area contributed by atoms with Gasteiger partial charge in [-0.1, -0.05) is 48.5 Å². The van der Waals surface area contributed by atoms with Gasteiger partial charge in [0.15, 0.2) is 0 Å². The number of nitrogens with two attached hydrogens (primary N) is 1. The number of anilines is 1. The Bertz CT molecular complexity index is 1360. The highest BCUT2D eigenvalue weighted by Crippen LogP contribution is 2.36. The molecule has 0 radical (unpaired) electrons. The van der Waals surface area contributed by atoms with E-state index in [2.05, 4.69) is 4.98 Å². The van der Waals surface area contributed by atoms with Crippen LogP contribution in [-0.2, 0) is 9.31 Å². The summed E-state index contributed by atoms with van der Waals surface area (Å²) in [6.45, 7) is 7.95. The Labute approximate surface area is 201 Å². The van der Waals surface area contributed by atoms with Crippen LogP contribution in [0.4, 0.5) is 5.82 Å². The van der Waals surface area contributed by atoms with E-state index in [0.29, 0.717) is 0 Å². The van der Waals surface area contributed by atoms with Crippen molar-refractivity contribution in [3.8, 4) is 22.3 Å². The van der Waals surface area contributed by atoms with E-state index in [1.165, 1.54) is 0 Å². The van der Waals surface area contributed by atoms with Crippen LogP contribution in [0.25, 0.3) is 22.3 Å². The first-order chi connectivity index (χ1) is 16.3. The number of carboxylic acid groups (broad SMARTS) is 2. The van der Waals surface area contributed by atoms with E-state index in [9.17, 15) is 24.6 Å². The maximum atomic E-state index is 12.2. The average Bonchev–Trinajstić information content (AvgIpc) is 2.99. The monoisotopic (exact) mass is 476 g/mol. The van der Waals surface area contributed by atoms with Gasteiger partial charge in [-0.2, -0.15) is 0 Å². The molecule has 180 valence electrons. The van der Waals surface area contributed by atoms with E-state index in [4.69, 9.17) is 15.0 Å². The number of benzene rings is 2. The standard InChI is InChI=1S/C25H25BN2O7/c1-24(2)25(3,4)35-26(34-24)16-11-9-14(10-12-16)13-5-7-15(8-6-13)17-18(22(30)31)20(27)28-21(29)19(17)23(32)33/h5-12H,1-4H3,(H,30,31)(H,32,33)(H3,27,28,29). The zero-order chi connectivity index (χ0) is 25.7. The van der Waals surface area contributed by atoms with Crippen LogP contribution in [0.5, 0.6) is 0 Å². The fourth-order valence-electron chi connectivity index (χ4n) is 3.98. The van der Waals surface area contributed by atoms with Crippen molar-refractivity contribution in [2.24, 2.45) is 0 Å². The first kappa shape index (κ1) is 24.2. The summed E-state index contributed by atoms with van der Waals surface area (Å²) in [5.41, 5.74) is 5.24. The maximum absolute atomic E-state index is 12.2. The summed E-state index contributed by atoms with van der Waals surface area (Å²) in [5.74, 6) is -3.41. The Hall–Kier alpha value is -3.89. The lowest BCUT2D eigenvalue weighted by Gasteiger charge is -2.32. The molecule has 9 nitrogen and oxygen atoms in total. The SMILES string of the molecule is CC1(C)OB(c2ccc(-c3ccc(-c4c(C(=O)O)c(N)[nH]c(=O)c4C(=O)O)cc3)cc2)OC1(C)C. The van der Waals surface area contributed by atoms with Crippen LogP contribution in [-0.4, -0.2) is 45.5 Å². The highest BCUT2D eigenvalue weighted by Gasteiger charge is 2.51. The Morgan fingerprint density at radius 1 is 0.800 bits per heavy atom. The van der Waals surface area contributed by atoms with Crippen LogP contribution in [0.3, 0.4) is 0 Å². The Morgan fingerprint density at radius 2 is 1.23 bits per heavy atom. The molecule has 35 heavy (non-hydrogen) atoms. The summed E-state index contributed by atoms with van der Waals surface area (Å²) < 4.78 is 12.2. The number of carbonyl (C=O) groups is 2. The molecular weight excluding hydrogens is 451 g/mol. The van der Waals surface area contributed by atoms with Gasteiger partial charge in [0.05, 0.1) is 11.2 Å². The number of nitrogen functional groups attached to an aromatic ring is 1. The van der Waals surface area contributed by atoms with Gasteiger partial charge in [0, 0.05) is 5.56 Å². The molecule has 3 aromatic rings. The van der Waals surface area contributed by atoms with Gasteiger partial charge in [0.1, 0.15) is 16.9 Å². The predicted octanol–water partition coefficient (Wildman–Crippen LogP) is 2.99. The van der Waals surface area contributed by atoms with E-state index in [0.717, 1.165) is 16.6 Å². The number of hydrogen-bond acceptors (Lipinski definition) is 6. The van der Waals surface area contributed by atoms with Crippen LogP contribution in [0.15, 0.2) is 53.3 Å². The van der Waals surface area contributed by atoms with Crippen molar-refractivity contribution in [1.29, 1.82) is 0 Å². The van der Waals surface area contributed by atoms with Gasteiger partial charge < -0.3 is 30.2 Å². The molecular formula is C25H25BN2O7. The number of aromatic carboxylic acids is 2. The number of rotatable bonds is 5. The number of pyridine rings is 1. The van der Waals surface area contributed by atoms with Gasteiger partial charge in [-0.25, -0.2) is 9.59 Å². The van der Waals surface area contributed by atoms with Gasteiger partial charge >= 0.3 is 19.1 Å². The molecule has 2 aromatic carbocycles. The molecule has 0 saturated carbocycles. The number of carboxylic acids is 2. The van der Waals surface area contributed by atoms with Crippen LogP contribution in [0.1, 0.15) is 48.4 Å². The molecule has 0 unspecified atom stereocenters. The molecule has 1 fully saturated rings. The summed E-state index contributed by atoms with van der Waals surface area (Å²) in [6.07, 6.45) is 0. The smallest absolute Gasteiger partial charge is 0.478 e. The van der Waals surface area contributed by atoms with E-state index in [-0.39, 0.29) is 11.1 Å². The zero-order valence-electron chi connectivity index (χ0n) is 19.7. The highest BCUT2D eigenvalue weighted by atomic mass is 16.7. The number of H-pyrrole nitrogens is 1. The van der Waals surface area contributed by atoms with Gasteiger partial charge in [-0.15, -0.1) is 0 Å². The van der Waals surface area contributed by atoms with Crippen molar-refractivity contribution in [1.82, 2.24) is 4.98 Å². The van der Waals surface area contributed by atoms with E-state index in [1.807, 2.05) is 52.0 Å². The second-order valence-electron chi connectivity index (χ2n) is 9.39. The Morgan fingerprint density at radius 3 is 1.69 bits per heavy atom. The summed E-state index contributed by atoms with van der Waals surface area (Å²) in [4.78, 5) is 37.9. The molecule has 0 amide bonds. The molecule has 0 atom stereocenters. The molecule has 1 saturated heterocycles. The van der Waals surface area contributed by atoms with Gasteiger partial charge in [0.2, 0.25) is 0 Å². The molecule has 1 aromatic heterocycles. The van der Waals surface area contributed by atoms with Crippen molar-refractivity contribution in [2.75, 3.05) is 5.73 Å². The van der Waals surface area contributed by atoms with Crippen molar-refractivity contribution in [3.05, 3.63) is 70.0 Å². The second-order valence-corrected chi connectivity index (χ2v) is 9.39. The predicted molar refractivity (Wildman–Crippen MR) is 132 cm³/mol. The third kappa shape index (κ3) is 4.22. The van der Waals surface area contributed by atoms with Crippen LogP contribution >= 0.6 is 0 Å². The largest absolute Gasteiger partial charge is 0.494 e. The Balaban J connectivity index is 1.68. The Kier molecular flexibility index (Phi) is 5.82. The highest BCUT2D eigenvalue weighted by molar-refractivity contribution is 6.62. The topological polar surface area (TPSA) is 152 Å². The minimum absolute atomic E-state index is 0.242. The first-order valence-electron chi connectivity index (χ1n) is 10.9. The summed E-state index contributed by atoms with van der Waals surface area (Å²) in [5, 5.41) is 19.1. The third-order valence-corrected chi connectivity index (χ3v) is 6.62. The molecule has 0 bridgehead atoms. The van der Waals surface area contributed by atoms with Crippen LogP contribution in [0, 0.1) is 0 Å². The van der Waals surface area contributed by atoms with Gasteiger partial charge in [0.25, 0.3) is 5.56 Å². The molecule has 4 rings (SSSR count). The lowest BCUT2D eigenvalue weighted by atomic mass is 9.78. The molecule has 0 spiro atoms. The minimum atomic E-state index is -1.55. The molecule has 10 heteroatoms. The van der Waals surface area contributed by atoms with E-state index in [1.54, 1.807) is 24.3 Å². The summed E-state index contributed by atoms with van der Waals surface area (Å²) >= 11 is 0. The van der Waals surface area contributed by atoms with Crippen LogP contribution in [0.2, 0.25) is 0 Å². The molecule has 5 N–H and O–H groups in total. The molecule has 2 heterocycles.